The summed E-state index contributed by atoms with van der Waals surface area (Å²) >= 11 is 1.64. The fourth-order valence-electron chi connectivity index (χ4n) is 3.06. The van der Waals surface area contributed by atoms with Crippen molar-refractivity contribution in [3.8, 4) is 22.4 Å². The molecule has 0 fully saturated rings. The van der Waals surface area contributed by atoms with E-state index in [0.29, 0.717) is 11.2 Å². The molecule has 0 radical (unpaired) electrons. The van der Waals surface area contributed by atoms with Gasteiger partial charge in [0.05, 0.1) is 11.1 Å². The molecule has 0 saturated heterocycles. The number of thioether (sulfide) groups is 1. The maximum atomic E-state index is 13.1. The number of hydrogen-bond donors (Lipinski definition) is 0. The average Bonchev–Trinajstić information content (AvgIpc) is 3.07. The Morgan fingerprint density at radius 2 is 1.56 bits per heavy atom. The van der Waals surface area contributed by atoms with Crippen LogP contribution in [0.15, 0.2) is 77.8 Å². The van der Waals surface area contributed by atoms with Crippen LogP contribution in [0.25, 0.3) is 27.9 Å². The highest BCUT2D eigenvalue weighted by Gasteiger charge is 2.31. The van der Waals surface area contributed by atoms with Gasteiger partial charge in [-0.25, -0.2) is 4.52 Å². The molecule has 0 aliphatic carbocycles. The van der Waals surface area contributed by atoms with Crippen molar-refractivity contribution in [3.63, 3.8) is 0 Å². The number of aromatic nitrogens is 2. The second kappa shape index (κ2) is 6.78. The lowest BCUT2D eigenvalue weighted by molar-refractivity contribution is -0.137. The molecule has 0 N–H and O–H groups in total. The van der Waals surface area contributed by atoms with Gasteiger partial charge in [0.15, 0.2) is 0 Å². The predicted molar refractivity (Wildman–Crippen MR) is 103 cm³/mol. The number of benzene rings is 2. The Kier molecular flexibility index (Phi) is 4.44. The van der Waals surface area contributed by atoms with Crippen LogP contribution in [-0.4, -0.2) is 15.9 Å². The maximum Gasteiger partial charge on any atom is 0.417 e. The van der Waals surface area contributed by atoms with Gasteiger partial charge in [-0.3, -0.25) is 0 Å². The van der Waals surface area contributed by atoms with Gasteiger partial charge < -0.3 is 0 Å². The van der Waals surface area contributed by atoms with E-state index in [2.05, 4.69) is 5.10 Å². The van der Waals surface area contributed by atoms with Crippen LogP contribution in [0.3, 0.4) is 0 Å². The number of alkyl halides is 3. The Balaban J connectivity index is 1.98. The van der Waals surface area contributed by atoms with Gasteiger partial charge >= 0.3 is 6.18 Å². The van der Waals surface area contributed by atoms with Gasteiger partial charge in [0.2, 0.25) is 0 Å². The first-order valence-electron chi connectivity index (χ1n) is 8.27. The Labute approximate surface area is 158 Å². The van der Waals surface area contributed by atoms with Crippen molar-refractivity contribution in [2.45, 2.75) is 11.1 Å². The van der Waals surface area contributed by atoms with Crippen molar-refractivity contribution in [2.24, 2.45) is 0 Å². The SMILES string of the molecule is CSc1ccc(-c2c(-c3ccccc3)nn3cc(C(F)(F)F)ccc23)cc1. The van der Waals surface area contributed by atoms with Crippen molar-refractivity contribution in [1.82, 2.24) is 9.61 Å². The summed E-state index contributed by atoms with van der Waals surface area (Å²) in [4.78, 5) is 1.12. The molecular weight excluding hydrogens is 369 g/mol. The van der Waals surface area contributed by atoms with E-state index in [4.69, 9.17) is 0 Å². The molecule has 0 spiro atoms. The molecule has 27 heavy (non-hydrogen) atoms. The summed E-state index contributed by atoms with van der Waals surface area (Å²) in [5.74, 6) is 0. The Bertz CT molecular complexity index is 1080. The number of nitrogens with zero attached hydrogens (tertiary/aromatic N) is 2. The van der Waals surface area contributed by atoms with Gasteiger partial charge in [0.25, 0.3) is 0 Å². The van der Waals surface area contributed by atoms with Crippen LogP contribution in [-0.2, 0) is 6.18 Å². The van der Waals surface area contributed by atoms with Crippen molar-refractivity contribution >= 4 is 17.3 Å². The second-order valence-electron chi connectivity index (χ2n) is 6.06. The predicted octanol–water partition coefficient (Wildman–Crippen LogP) is 6.41. The molecule has 0 saturated carbocycles. The minimum atomic E-state index is -4.41. The third-order valence-electron chi connectivity index (χ3n) is 4.38. The number of pyridine rings is 1. The van der Waals surface area contributed by atoms with Crippen LogP contribution in [0.5, 0.6) is 0 Å². The summed E-state index contributed by atoms with van der Waals surface area (Å²) in [6.45, 7) is 0. The van der Waals surface area contributed by atoms with Crippen LogP contribution in [0.1, 0.15) is 5.56 Å². The third-order valence-corrected chi connectivity index (χ3v) is 5.13. The van der Waals surface area contributed by atoms with E-state index in [1.54, 1.807) is 11.8 Å². The first-order valence-corrected chi connectivity index (χ1v) is 9.49. The summed E-state index contributed by atoms with van der Waals surface area (Å²) in [6.07, 6.45) is -1.37. The zero-order valence-electron chi connectivity index (χ0n) is 14.4. The van der Waals surface area contributed by atoms with Crippen LogP contribution in [0.2, 0.25) is 0 Å². The van der Waals surface area contributed by atoms with Crippen LogP contribution in [0, 0.1) is 0 Å². The molecule has 2 aromatic heterocycles. The molecule has 2 heterocycles. The highest BCUT2D eigenvalue weighted by atomic mass is 32.2. The van der Waals surface area contributed by atoms with E-state index in [0.717, 1.165) is 33.8 Å². The molecule has 4 aromatic rings. The zero-order chi connectivity index (χ0) is 19.0. The largest absolute Gasteiger partial charge is 0.417 e. The Hall–Kier alpha value is -2.73. The molecule has 4 rings (SSSR count). The standard InChI is InChI=1S/C21H15F3N2S/c1-27-17-10-7-14(8-11-17)19-18-12-9-16(21(22,23)24)13-26(18)25-20(19)15-5-3-2-4-6-15/h2-13H,1H3. The summed E-state index contributed by atoms with van der Waals surface area (Å²) in [6, 6.07) is 20.0. The monoisotopic (exact) mass is 384 g/mol. The smallest absolute Gasteiger partial charge is 0.239 e. The number of fused-ring (bicyclic) bond motifs is 1. The second-order valence-corrected chi connectivity index (χ2v) is 6.94. The third kappa shape index (κ3) is 3.32. The summed E-state index contributed by atoms with van der Waals surface area (Å²) in [7, 11) is 0. The van der Waals surface area contributed by atoms with E-state index >= 15 is 0 Å². The average molecular weight is 384 g/mol. The lowest BCUT2D eigenvalue weighted by Crippen LogP contribution is -2.06. The van der Waals surface area contributed by atoms with Crippen LogP contribution in [0.4, 0.5) is 13.2 Å². The van der Waals surface area contributed by atoms with Crippen molar-refractivity contribution in [3.05, 3.63) is 78.5 Å². The summed E-state index contributed by atoms with van der Waals surface area (Å²) in [5.41, 5.74) is 3.18. The van der Waals surface area contributed by atoms with Crippen molar-refractivity contribution in [2.75, 3.05) is 6.26 Å². The first kappa shape index (κ1) is 17.7. The highest BCUT2D eigenvalue weighted by molar-refractivity contribution is 7.98. The molecule has 2 nitrogen and oxygen atoms in total. The van der Waals surface area contributed by atoms with Crippen LogP contribution >= 0.6 is 11.8 Å². The van der Waals surface area contributed by atoms with Crippen LogP contribution < -0.4 is 0 Å². The molecule has 0 unspecified atom stereocenters. The van der Waals surface area contributed by atoms with E-state index in [1.165, 1.54) is 10.6 Å². The molecule has 2 aromatic carbocycles. The number of halogens is 3. The van der Waals surface area contributed by atoms with Crippen molar-refractivity contribution < 1.29 is 13.2 Å². The normalized spacial score (nSPS) is 11.9. The number of rotatable bonds is 3. The molecule has 0 bridgehead atoms. The summed E-state index contributed by atoms with van der Waals surface area (Å²) < 4.78 is 40.6. The van der Waals surface area contributed by atoms with E-state index < -0.39 is 11.7 Å². The highest BCUT2D eigenvalue weighted by Crippen LogP contribution is 2.37. The van der Waals surface area contributed by atoms with Gasteiger partial charge in [-0.05, 0) is 36.1 Å². The maximum absolute atomic E-state index is 13.1. The quantitative estimate of drug-likeness (QED) is 0.380. The molecule has 0 amide bonds. The van der Waals surface area contributed by atoms with Gasteiger partial charge in [0.1, 0.15) is 5.69 Å². The molecule has 6 heteroatoms. The van der Waals surface area contributed by atoms with Gasteiger partial charge in [-0.15, -0.1) is 11.8 Å². The van der Waals surface area contributed by atoms with Gasteiger partial charge in [-0.2, -0.15) is 18.3 Å². The van der Waals surface area contributed by atoms with E-state index in [-0.39, 0.29) is 0 Å². The summed E-state index contributed by atoms with van der Waals surface area (Å²) in [5, 5.41) is 4.49. The Morgan fingerprint density at radius 3 is 2.19 bits per heavy atom. The lowest BCUT2D eigenvalue weighted by atomic mass is 10.00. The Morgan fingerprint density at radius 1 is 0.852 bits per heavy atom. The van der Waals surface area contributed by atoms with E-state index in [1.807, 2.05) is 60.9 Å². The first-order chi connectivity index (χ1) is 13.0. The molecule has 136 valence electrons. The fraction of sp³-hybridized carbons (Fsp3) is 0.0952. The minimum Gasteiger partial charge on any atom is -0.239 e. The van der Waals surface area contributed by atoms with Crippen molar-refractivity contribution in [1.29, 1.82) is 0 Å². The molecule has 0 aliphatic rings. The fourth-order valence-corrected chi connectivity index (χ4v) is 3.47. The molecular formula is C21H15F3N2S. The molecule has 0 aliphatic heterocycles. The van der Waals surface area contributed by atoms with E-state index in [9.17, 15) is 13.2 Å². The van der Waals surface area contributed by atoms with Gasteiger partial charge in [-0.1, -0.05) is 42.5 Å². The number of hydrogen-bond acceptors (Lipinski definition) is 2. The topological polar surface area (TPSA) is 17.3 Å². The minimum absolute atomic E-state index is 0.638. The molecule has 0 atom stereocenters. The van der Waals surface area contributed by atoms with Gasteiger partial charge in [0, 0.05) is 22.2 Å². The zero-order valence-corrected chi connectivity index (χ0v) is 15.2. The lowest BCUT2D eigenvalue weighted by Gasteiger charge is -2.07.